The van der Waals surface area contributed by atoms with Gasteiger partial charge < -0.3 is 0 Å². The Bertz CT molecular complexity index is 562. The number of rotatable bonds is 3. The first-order chi connectivity index (χ1) is 10.4. The molecular weight excluding hydrogens is 276 g/mol. The van der Waals surface area contributed by atoms with Crippen molar-refractivity contribution in [2.75, 3.05) is 0 Å². The van der Waals surface area contributed by atoms with E-state index in [0.717, 1.165) is 6.42 Å². The van der Waals surface area contributed by atoms with Crippen LogP contribution in [0.25, 0.3) is 0 Å². The van der Waals surface area contributed by atoms with Gasteiger partial charge in [0.15, 0.2) is 0 Å². The maximum atomic E-state index is 12.4. The number of nitrogens with one attached hydrogen (secondary N) is 1. The van der Waals surface area contributed by atoms with Crippen molar-refractivity contribution < 1.29 is 9.59 Å². The zero-order valence-corrected chi connectivity index (χ0v) is 13.8. The summed E-state index contributed by atoms with van der Waals surface area (Å²) in [4.78, 5) is 24.6. The number of hydrogen-bond acceptors (Lipinski definition) is 2. The number of carbonyl (C=O) groups is 2. The molecule has 0 atom stereocenters. The lowest BCUT2D eigenvalue weighted by molar-refractivity contribution is -0.139. The Kier molecular flexibility index (Phi) is 6.65. The van der Waals surface area contributed by atoms with E-state index in [9.17, 15) is 9.59 Å². The fraction of sp³-hybridized carbons (Fsp3) is 0.444. The first-order valence-corrected chi connectivity index (χ1v) is 7.51. The Morgan fingerprint density at radius 3 is 2.32 bits per heavy atom. The topological polar surface area (TPSA) is 49.4 Å². The van der Waals surface area contributed by atoms with Crippen LogP contribution >= 0.6 is 0 Å². The van der Waals surface area contributed by atoms with Gasteiger partial charge in [0.1, 0.15) is 0 Å². The summed E-state index contributed by atoms with van der Waals surface area (Å²) in [5.41, 5.74) is 2.73. The van der Waals surface area contributed by atoms with Crippen LogP contribution in [0.15, 0.2) is 30.3 Å². The standard InChI is InChI=1S/C18H24N2O2/c1-5-6-7-11-14-16(21)20(18(2,3)4)19-17(22)15-12-9-8-10-13-15/h8-10,12-13H,5,11,14H2,1-4H3,(H,19,22). The number of benzene rings is 1. The Morgan fingerprint density at radius 1 is 1.14 bits per heavy atom. The van der Waals surface area contributed by atoms with Crippen molar-refractivity contribution in [1.82, 2.24) is 10.4 Å². The SMILES string of the molecule is CCC#CCCC(=O)N(NC(=O)c1ccccc1)C(C)(C)C. The maximum absolute atomic E-state index is 12.4. The molecular formula is C18H24N2O2. The molecule has 1 aromatic rings. The summed E-state index contributed by atoms with van der Waals surface area (Å²) >= 11 is 0. The molecule has 0 spiro atoms. The Balaban J connectivity index is 2.77. The minimum atomic E-state index is -0.500. The van der Waals surface area contributed by atoms with Crippen molar-refractivity contribution in [3.05, 3.63) is 35.9 Å². The summed E-state index contributed by atoms with van der Waals surface area (Å²) < 4.78 is 0. The van der Waals surface area contributed by atoms with Gasteiger partial charge in [-0.3, -0.25) is 15.0 Å². The minimum Gasteiger partial charge on any atom is -0.273 e. The average molecular weight is 300 g/mol. The third-order valence-electron chi connectivity index (χ3n) is 2.94. The van der Waals surface area contributed by atoms with E-state index in [4.69, 9.17) is 0 Å². The third kappa shape index (κ3) is 5.61. The lowest BCUT2D eigenvalue weighted by Gasteiger charge is -2.35. The van der Waals surface area contributed by atoms with Gasteiger partial charge in [-0.15, -0.1) is 11.8 Å². The molecule has 0 radical (unpaired) electrons. The molecule has 4 nitrogen and oxygen atoms in total. The molecule has 0 saturated heterocycles. The zero-order valence-electron chi connectivity index (χ0n) is 13.8. The largest absolute Gasteiger partial charge is 0.273 e. The van der Waals surface area contributed by atoms with Crippen molar-refractivity contribution in [3.8, 4) is 11.8 Å². The summed E-state index contributed by atoms with van der Waals surface area (Å²) in [7, 11) is 0. The molecule has 1 aromatic carbocycles. The number of hydrogen-bond donors (Lipinski definition) is 1. The smallest absolute Gasteiger partial charge is 0.269 e. The van der Waals surface area contributed by atoms with Crippen LogP contribution in [0.1, 0.15) is 57.3 Å². The number of amides is 2. The molecule has 0 aliphatic heterocycles. The van der Waals surface area contributed by atoms with Crippen LogP contribution < -0.4 is 5.43 Å². The third-order valence-corrected chi connectivity index (χ3v) is 2.94. The molecule has 118 valence electrons. The highest BCUT2D eigenvalue weighted by Crippen LogP contribution is 2.13. The van der Waals surface area contributed by atoms with Crippen molar-refractivity contribution in [2.24, 2.45) is 0 Å². The fourth-order valence-electron chi connectivity index (χ4n) is 1.85. The highest BCUT2D eigenvalue weighted by atomic mass is 16.2. The van der Waals surface area contributed by atoms with Gasteiger partial charge >= 0.3 is 0 Å². The van der Waals surface area contributed by atoms with Gasteiger partial charge in [0.25, 0.3) is 5.91 Å². The summed E-state index contributed by atoms with van der Waals surface area (Å²) in [6, 6.07) is 8.85. The van der Waals surface area contributed by atoms with Crippen molar-refractivity contribution in [1.29, 1.82) is 0 Å². The molecule has 1 N–H and O–H groups in total. The normalized spacial score (nSPS) is 10.4. The molecule has 0 saturated carbocycles. The quantitative estimate of drug-likeness (QED) is 0.688. The zero-order chi connectivity index (χ0) is 16.6. The lowest BCUT2D eigenvalue weighted by Crippen LogP contribution is -2.55. The molecule has 2 amide bonds. The second-order valence-electron chi connectivity index (χ2n) is 5.91. The predicted molar refractivity (Wildman–Crippen MR) is 87.8 cm³/mol. The molecule has 0 fully saturated rings. The number of nitrogens with zero attached hydrogens (tertiary/aromatic N) is 1. The van der Waals surface area contributed by atoms with Crippen molar-refractivity contribution in [3.63, 3.8) is 0 Å². The lowest BCUT2D eigenvalue weighted by atomic mass is 10.1. The Morgan fingerprint density at radius 2 is 1.77 bits per heavy atom. The van der Waals surface area contributed by atoms with Crippen LogP contribution in [-0.4, -0.2) is 22.4 Å². The molecule has 0 unspecified atom stereocenters. The van der Waals surface area contributed by atoms with E-state index in [0.29, 0.717) is 18.4 Å². The van der Waals surface area contributed by atoms with E-state index in [1.54, 1.807) is 24.3 Å². The van der Waals surface area contributed by atoms with E-state index in [2.05, 4.69) is 17.3 Å². The Labute approximate surface area is 132 Å². The maximum Gasteiger partial charge on any atom is 0.269 e. The van der Waals surface area contributed by atoms with Gasteiger partial charge in [0.05, 0.1) is 5.54 Å². The average Bonchev–Trinajstić information content (AvgIpc) is 2.48. The highest BCUT2D eigenvalue weighted by molar-refractivity contribution is 5.95. The van der Waals surface area contributed by atoms with Gasteiger partial charge in [-0.05, 0) is 32.9 Å². The molecule has 0 aliphatic rings. The minimum absolute atomic E-state index is 0.137. The van der Waals surface area contributed by atoms with Gasteiger partial charge in [-0.2, -0.15) is 0 Å². The second-order valence-corrected chi connectivity index (χ2v) is 5.91. The molecule has 4 heteroatoms. The molecule has 0 aromatic heterocycles. The number of carbonyl (C=O) groups excluding carboxylic acids is 2. The van der Waals surface area contributed by atoms with Crippen LogP contribution in [0.4, 0.5) is 0 Å². The van der Waals surface area contributed by atoms with Crippen LogP contribution in [0.2, 0.25) is 0 Å². The molecule has 0 bridgehead atoms. The second kappa shape index (κ2) is 8.23. The summed E-state index contributed by atoms with van der Waals surface area (Å²) in [6.07, 6.45) is 1.57. The molecule has 22 heavy (non-hydrogen) atoms. The Hall–Kier alpha value is -2.28. The monoisotopic (exact) mass is 300 g/mol. The van der Waals surface area contributed by atoms with Gasteiger partial charge in [0, 0.05) is 24.8 Å². The van der Waals surface area contributed by atoms with Crippen LogP contribution in [0.5, 0.6) is 0 Å². The van der Waals surface area contributed by atoms with Crippen molar-refractivity contribution >= 4 is 11.8 Å². The van der Waals surface area contributed by atoms with Crippen LogP contribution in [-0.2, 0) is 4.79 Å². The summed E-state index contributed by atoms with van der Waals surface area (Å²) in [6.45, 7) is 7.62. The van der Waals surface area contributed by atoms with Gasteiger partial charge in [-0.25, -0.2) is 5.01 Å². The van der Waals surface area contributed by atoms with Gasteiger partial charge in [-0.1, -0.05) is 25.1 Å². The van der Waals surface area contributed by atoms with Gasteiger partial charge in [0.2, 0.25) is 5.91 Å². The van der Waals surface area contributed by atoms with E-state index in [-0.39, 0.29) is 11.8 Å². The van der Waals surface area contributed by atoms with E-state index in [1.807, 2.05) is 33.8 Å². The van der Waals surface area contributed by atoms with Crippen LogP contribution in [0, 0.1) is 11.8 Å². The fourth-order valence-corrected chi connectivity index (χ4v) is 1.85. The van der Waals surface area contributed by atoms with Crippen LogP contribution in [0.3, 0.4) is 0 Å². The summed E-state index contributed by atoms with van der Waals surface area (Å²) in [5.74, 6) is 5.46. The van der Waals surface area contributed by atoms with E-state index >= 15 is 0 Å². The van der Waals surface area contributed by atoms with E-state index in [1.165, 1.54) is 5.01 Å². The first kappa shape index (κ1) is 17.8. The summed E-state index contributed by atoms with van der Waals surface area (Å²) in [5, 5.41) is 1.40. The number of hydrazine groups is 1. The highest BCUT2D eigenvalue weighted by Gasteiger charge is 2.28. The predicted octanol–water partition coefficient (Wildman–Crippen LogP) is 3.15. The van der Waals surface area contributed by atoms with Crippen molar-refractivity contribution in [2.45, 2.75) is 52.5 Å². The molecule has 1 rings (SSSR count). The molecule has 0 aliphatic carbocycles. The van der Waals surface area contributed by atoms with E-state index < -0.39 is 5.54 Å². The first-order valence-electron chi connectivity index (χ1n) is 7.51. The molecule has 0 heterocycles.